The Kier molecular flexibility index (Phi) is 5.81. The smallest absolute Gasteiger partial charge is 0.243 e. The van der Waals surface area contributed by atoms with Gasteiger partial charge in [-0.15, -0.1) is 0 Å². The minimum Gasteiger partial charge on any atom is -0.490 e. The summed E-state index contributed by atoms with van der Waals surface area (Å²) in [6.45, 7) is 7.02. The van der Waals surface area contributed by atoms with Crippen molar-refractivity contribution in [2.24, 2.45) is 0 Å². The maximum atomic E-state index is 13.3. The molecule has 1 aromatic heterocycles. The zero-order chi connectivity index (χ0) is 22.1. The number of ether oxygens (including phenoxy) is 2. The predicted octanol–water partition coefficient (Wildman–Crippen LogP) is 2.06. The van der Waals surface area contributed by atoms with Gasteiger partial charge in [0.05, 0.1) is 18.1 Å². The minimum absolute atomic E-state index is 0.240. The average molecular weight is 460 g/mol. The standard InChI is InChI=1S/C22H29N5O4S/c1-17-23-21(25-7-2-3-8-25)16-22(24-17)26-9-11-27(12-10-26)32(28,29)18-5-6-19-20(15-18)31-14-4-13-30-19/h5-6,15-16H,2-4,7-14H2,1H3. The fourth-order valence-corrected chi connectivity index (χ4v) is 5.86. The van der Waals surface area contributed by atoms with Crippen LogP contribution in [0.2, 0.25) is 0 Å². The van der Waals surface area contributed by atoms with Crippen LogP contribution in [0.15, 0.2) is 29.2 Å². The molecule has 5 rings (SSSR count). The van der Waals surface area contributed by atoms with Crippen LogP contribution >= 0.6 is 0 Å². The van der Waals surface area contributed by atoms with Gasteiger partial charge in [-0.3, -0.25) is 0 Å². The molecule has 10 heteroatoms. The molecule has 0 radical (unpaired) electrons. The van der Waals surface area contributed by atoms with Crippen molar-refractivity contribution in [1.82, 2.24) is 14.3 Å². The van der Waals surface area contributed by atoms with Crippen molar-refractivity contribution < 1.29 is 17.9 Å². The van der Waals surface area contributed by atoms with Crippen LogP contribution < -0.4 is 19.3 Å². The van der Waals surface area contributed by atoms with Gasteiger partial charge in [-0.25, -0.2) is 18.4 Å². The van der Waals surface area contributed by atoms with Crippen molar-refractivity contribution in [2.45, 2.75) is 31.1 Å². The van der Waals surface area contributed by atoms with E-state index in [0.717, 1.165) is 37.0 Å². The SMILES string of the molecule is Cc1nc(N2CCCC2)cc(N2CCN(S(=O)(=O)c3ccc4c(c3)OCCCO4)CC2)n1. The van der Waals surface area contributed by atoms with Gasteiger partial charge >= 0.3 is 0 Å². The summed E-state index contributed by atoms with van der Waals surface area (Å²) < 4.78 is 39.4. The zero-order valence-corrected chi connectivity index (χ0v) is 19.2. The Labute approximate surface area is 189 Å². The molecule has 0 unspecified atom stereocenters. The van der Waals surface area contributed by atoms with E-state index in [1.165, 1.54) is 17.1 Å². The Morgan fingerprint density at radius 3 is 2.09 bits per heavy atom. The molecule has 2 saturated heterocycles. The quantitative estimate of drug-likeness (QED) is 0.687. The fraction of sp³-hybridized carbons (Fsp3) is 0.545. The third-order valence-corrected chi connectivity index (χ3v) is 8.05. The van der Waals surface area contributed by atoms with E-state index in [1.807, 2.05) is 13.0 Å². The first-order valence-electron chi connectivity index (χ1n) is 11.3. The van der Waals surface area contributed by atoms with Crippen molar-refractivity contribution in [1.29, 1.82) is 0 Å². The molecule has 0 N–H and O–H groups in total. The Bertz CT molecular complexity index is 1080. The molecule has 0 spiro atoms. The molecule has 32 heavy (non-hydrogen) atoms. The fourth-order valence-electron chi connectivity index (χ4n) is 4.42. The summed E-state index contributed by atoms with van der Waals surface area (Å²) in [6.07, 6.45) is 3.16. The van der Waals surface area contributed by atoms with Crippen molar-refractivity contribution >= 4 is 21.7 Å². The largest absolute Gasteiger partial charge is 0.490 e. The van der Waals surface area contributed by atoms with Crippen molar-refractivity contribution in [3.05, 3.63) is 30.1 Å². The number of sulfonamides is 1. The summed E-state index contributed by atoms with van der Waals surface area (Å²) in [5.74, 6) is 3.67. The molecule has 3 aliphatic rings. The van der Waals surface area contributed by atoms with E-state index in [2.05, 4.69) is 19.8 Å². The van der Waals surface area contributed by atoms with E-state index in [0.29, 0.717) is 50.9 Å². The first-order chi connectivity index (χ1) is 15.5. The molecule has 2 aromatic rings. The first-order valence-corrected chi connectivity index (χ1v) is 12.7. The molecule has 1 aromatic carbocycles. The second kappa shape index (κ2) is 8.74. The molecule has 0 atom stereocenters. The summed E-state index contributed by atoms with van der Waals surface area (Å²) in [4.78, 5) is 13.9. The van der Waals surface area contributed by atoms with Gasteiger partial charge in [-0.2, -0.15) is 4.31 Å². The van der Waals surface area contributed by atoms with Crippen molar-refractivity contribution in [3.8, 4) is 11.5 Å². The Morgan fingerprint density at radius 2 is 1.41 bits per heavy atom. The summed E-state index contributed by atoms with van der Waals surface area (Å²) in [6, 6.07) is 6.91. The number of nitrogens with zero attached hydrogens (tertiary/aromatic N) is 5. The van der Waals surface area contributed by atoms with E-state index >= 15 is 0 Å². The highest BCUT2D eigenvalue weighted by atomic mass is 32.2. The van der Waals surface area contributed by atoms with Crippen LogP contribution in [-0.2, 0) is 10.0 Å². The molecule has 9 nitrogen and oxygen atoms in total. The van der Waals surface area contributed by atoms with Gasteiger partial charge in [-0.05, 0) is 31.9 Å². The molecule has 0 bridgehead atoms. The van der Waals surface area contributed by atoms with Crippen LogP contribution in [0.5, 0.6) is 11.5 Å². The van der Waals surface area contributed by atoms with E-state index in [-0.39, 0.29) is 4.90 Å². The van der Waals surface area contributed by atoms with Crippen LogP contribution in [0.3, 0.4) is 0 Å². The number of rotatable bonds is 4. The van der Waals surface area contributed by atoms with Crippen LogP contribution in [0.4, 0.5) is 11.6 Å². The summed E-state index contributed by atoms with van der Waals surface area (Å²) in [5.41, 5.74) is 0. The Balaban J connectivity index is 1.30. The number of benzene rings is 1. The Hall–Kier alpha value is -2.59. The number of piperazine rings is 1. The lowest BCUT2D eigenvalue weighted by Gasteiger charge is -2.35. The topological polar surface area (TPSA) is 88.1 Å². The summed E-state index contributed by atoms with van der Waals surface area (Å²) in [7, 11) is -3.61. The second-order valence-corrected chi connectivity index (χ2v) is 10.3. The van der Waals surface area contributed by atoms with Gasteiger partial charge in [-0.1, -0.05) is 0 Å². The van der Waals surface area contributed by atoms with Crippen LogP contribution in [0.1, 0.15) is 25.1 Å². The minimum atomic E-state index is -3.61. The van der Waals surface area contributed by atoms with Crippen molar-refractivity contribution in [3.63, 3.8) is 0 Å². The van der Waals surface area contributed by atoms with Crippen LogP contribution in [0.25, 0.3) is 0 Å². The number of hydrogen-bond acceptors (Lipinski definition) is 8. The van der Waals surface area contributed by atoms with E-state index < -0.39 is 10.0 Å². The highest BCUT2D eigenvalue weighted by molar-refractivity contribution is 7.89. The van der Waals surface area contributed by atoms with E-state index in [1.54, 1.807) is 18.2 Å². The lowest BCUT2D eigenvalue weighted by Crippen LogP contribution is -2.49. The predicted molar refractivity (Wildman–Crippen MR) is 121 cm³/mol. The summed E-state index contributed by atoms with van der Waals surface area (Å²) >= 11 is 0. The number of aryl methyl sites for hydroxylation is 1. The van der Waals surface area contributed by atoms with E-state index in [4.69, 9.17) is 9.47 Å². The highest BCUT2D eigenvalue weighted by Gasteiger charge is 2.30. The van der Waals surface area contributed by atoms with Gasteiger partial charge < -0.3 is 19.3 Å². The first kappa shape index (κ1) is 21.3. The Morgan fingerprint density at radius 1 is 0.781 bits per heavy atom. The lowest BCUT2D eigenvalue weighted by molar-refractivity contribution is 0.296. The maximum Gasteiger partial charge on any atom is 0.243 e. The monoisotopic (exact) mass is 459 g/mol. The van der Waals surface area contributed by atoms with Gasteiger partial charge in [0.15, 0.2) is 11.5 Å². The number of anilines is 2. The number of hydrogen-bond donors (Lipinski definition) is 0. The molecule has 4 heterocycles. The molecular formula is C22H29N5O4S. The number of aromatic nitrogens is 2. The van der Waals surface area contributed by atoms with Gasteiger partial charge in [0.25, 0.3) is 0 Å². The van der Waals surface area contributed by atoms with Gasteiger partial charge in [0, 0.05) is 57.8 Å². The van der Waals surface area contributed by atoms with E-state index in [9.17, 15) is 8.42 Å². The lowest BCUT2D eigenvalue weighted by atomic mass is 10.3. The van der Waals surface area contributed by atoms with Crippen molar-refractivity contribution in [2.75, 3.05) is 62.3 Å². The molecule has 3 aliphatic heterocycles. The van der Waals surface area contributed by atoms with Gasteiger partial charge in [0.2, 0.25) is 10.0 Å². The molecular weight excluding hydrogens is 430 g/mol. The van der Waals surface area contributed by atoms with Crippen LogP contribution in [0, 0.1) is 6.92 Å². The second-order valence-electron chi connectivity index (χ2n) is 8.38. The molecule has 0 aliphatic carbocycles. The molecule has 0 amide bonds. The molecule has 0 saturated carbocycles. The normalized spacial score (nSPS) is 19.8. The molecule has 172 valence electrons. The summed E-state index contributed by atoms with van der Waals surface area (Å²) in [5, 5.41) is 0. The number of fused-ring (bicyclic) bond motifs is 1. The highest BCUT2D eigenvalue weighted by Crippen LogP contribution is 2.33. The van der Waals surface area contributed by atoms with Crippen LogP contribution in [-0.4, -0.2) is 75.2 Å². The average Bonchev–Trinajstić information content (AvgIpc) is 3.24. The maximum absolute atomic E-state index is 13.3. The zero-order valence-electron chi connectivity index (χ0n) is 18.4. The molecule has 2 fully saturated rings. The third-order valence-electron chi connectivity index (χ3n) is 6.16. The van der Waals surface area contributed by atoms with Gasteiger partial charge in [0.1, 0.15) is 17.5 Å². The third kappa shape index (κ3) is 4.21.